The number of imidazole rings is 1. The van der Waals surface area contributed by atoms with Crippen LogP contribution in [0, 0.1) is 10.1 Å². The van der Waals surface area contributed by atoms with Gasteiger partial charge in [-0.1, -0.05) is 77.3 Å². The minimum Gasteiger partial charge on any atom is -0.489 e. The summed E-state index contributed by atoms with van der Waals surface area (Å²) in [5.41, 5.74) is 2.81. The van der Waals surface area contributed by atoms with Crippen molar-refractivity contribution < 1.29 is 24.5 Å². The smallest absolute Gasteiger partial charge is 0.291 e. The zero-order valence-electron chi connectivity index (χ0n) is 19.7. The highest BCUT2D eigenvalue weighted by Gasteiger charge is 2.45. The van der Waals surface area contributed by atoms with Gasteiger partial charge in [-0.15, -0.1) is 10.1 Å². The Labute approximate surface area is 233 Å². The average Bonchev–Trinajstić information content (AvgIpc) is 3.54. The molecule has 0 unspecified atom stereocenters. The van der Waals surface area contributed by atoms with Crippen molar-refractivity contribution in [3.8, 4) is 16.9 Å². The van der Waals surface area contributed by atoms with E-state index in [0.29, 0.717) is 39.5 Å². The molecular formula is C26H22Cl3N3O6. The van der Waals surface area contributed by atoms with E-state index >= 15 is 0 Å². The molecule has 12 heteroatoms. The van der Waals surface area contributed by atoms with Crippen LogP contribution in [0.2, 0.25) is 15.1 Å². The van der Waals surface area contributed by atoms with Gasteiger partial charge in [0.25, 0.3) is 5.09 Å². The van der Waals surface area contributed by atoms with Crippen LogP contribution in [0.3, 0.4) is 0 Å². The molecule has 0 amide bonds. The molecule has 1 fully saturated rings. The predicted octanol–water partition coefficient (Wildman–Crippen LogP) is 6.51. The number of hydrogen-bond donors (Lipinski definition) is 1. The highest BCUT2D eigenvalue weighted by molar-refractivity contribution is 6.35. The summed E-state index contributed by atoms with van der Waals surface area (Å²) >= 11 is 19.1. The molecule has 2 heterocycles. The fourth-order valence-corrected chi connectivity index (χ4v) is 4.77. The zero-order valence-corrected chi connectivity index (χ0v) is 22.0. The lowest BCUT2D eigenvalue weighted by molar-refractivity contribution is -0.742. The Morgan fingerprint density at radius 3 is 2.50 bits per heavy atom. The van der Waals surface area contributed by atoms with Gasteiger partial charge in [0.15, 0.2) is 0 Å². The Morgan fingerprint density at radius 2 is 1.84 bits per heavy atom. The molecule has 4 aromatic rings. The standard InChI is InChI=1S/C26H21Cl3N2O3.HNO3/c27-20-7-8-22(23(28)13-20)26(16-31-11-10-30-17-31)33-15-21(34-26)14-32-25-9-6-19(12-24(25)29)18-4-2-1-3-5-18;2-1(3)4/h1-13,17,21H,14-16H2;(H,2,3,4)/t21-,26-;/m1./s1. The number of aromatic nitrogens is 2. The van der Waals surface area contributed by atoms with Crippen molar-refractivity contribution in [2.45, 2.75) is 18.4 Å². The van der Waals surface area contributed by atoms with E-state index < -0.39 is 10.9 Å². The van der Waals surface area contributed by atoms with E-state index in [4.69, 9.17) is 64.3 Å². The minimum absolute atomic E-state index is 0.265. The molecule has 198 valence electrons. The molecule has 1 aromatic heterocycles. The number of hydrogen-bond acceptors (Lipinski definition) is 6. The average molecular weight is 579 g/mol. The van der Waals surface area contributed by atoms with Crippen LogP contribution in [0.15, 0.2) is 85.5 Å². The van der Waals surface area contributed by atoms with Gasteiger partial charge in [0, 0.05) is 23.0 Å². The van der Waals surface area contributed by atoms with Crippen LogP contribution in [-0.2, 0) is 21.8 Å². The van der Waals surface area contributed by atoms with Crippen molar-refractivity contribution in [1.82, 2.24) is 9.55 Å². The number of nitrogens with zero attached hydrogens (tertiary/aromatic N) is 3. The highest BCUT2D eigenvalue weighted by atomic mass is 35.5. The van der Waals surface area contributed by atoms with Crippen molar-refractivity contribution in [2.24, 2.45) is 0 Å². The van der Waals surface area contributed by atoms with E-state index in [2.05, 4.69) is 4.98 Å². The molecule has 2 atom stereocenters. The summed E-state index contributed by atoms with van der Waals surface area (Å²) in [7, 11) is 0. The first-order chi connectivity index (χ1) is 18.3. The van der Waals surface area contributed by atoms with E-state index in [9.17, 15) is 0 Å². The Bertz CT molecular complexity index is 1370. The van der Waals surface area contributed by atoms with E-state index in [1.165, 1.54) is 0 Å². The Kier molecular flexibility index (Phi) is 9.09. The second kappa shape index (κ2) is 12.5. The van der Waals surface area contributed by atoms with Gasteiger partial charge in [-0.2, -0.15) is 0 Å². The molecule has 0 spiro atoms. The predicted molar refractivity (Wildman–Crippen MR) is 142 cm³/mol. The molecule has 1 aliphatic rings. The topological polar surface area (TPSA) is 109 Å². The van der Waals surface area contributed by atoms with Crippen LogP contribution in [-0.4, -0.2) is 39.2 Å². The highest BCUT2D eigenvalue weighted by Crippen LogP contribution is 2.41. The van der Waals surface area contributed by atoms with Crippen LogP contribution < -0.4 is 4.74 Å². The molecule has 0 radical (unpaired) electrons. The largest absolute Gasteiger partial charge is 0.489 e. The fraction of sp³-hybridized carbons (Fsp3) is 0.192. The lowest BCUT2D eigenvalue weighted by atomic mass is 10.1. The lowest BCUT2D eigenvalue weighted by Crippen LogP contribution is -2.34. The molecule has 0 aliphatic carbocycles. The minimum atomic E-state index is -1.50. The quantitative estimate of drug-likeness (QED) is 0.197. The summed E-state index contributed by atoms with van der Waals surface area (Å²) in [5.74, 6) is -0.515. The van der Waals surface area contributed by atoms with Gasteiger partial charge < -0.3 is 24.0 Å². The maximum absolute atomic E-state index is 8.36. The number of rotatable bonds is 7. The Hall–Kier alpha value is -3.34. The first-order valence-electron chi connectivity index (χ1n) is 11.3. The normalized spacial score (nSPS) is 18.4. The fourth-order valence-electron chi connectivity index (χ4n) is 3.99. The van der Waals surface area contributed by atoms with Crippen molar-refractivity contribution in [3.63, 3.8) is 0 Å². The van der Waals surface area contributed by atoms with Crippen LogP contribution in [0.1, 0.15) is 5.56 Å². The maximum atomic E-state index is 8.36. The van der Waals surface area contributed by atoms with Crippen LogP contribution in [0.5, 0.6) is 5.75 Å². The van der Waals surface area contributed by atoms with Crippen molar-refractivity contribution >= 4 is 34.8 Å². The Balaban J connectivity index is 0.000000786. The molecule has 9 nitrogen and oxygen atoms in total. The molecule has 3 aromatic carbocycles. The monoisotopic (exact) mass is 577 g/mol. The van der Waals surface area contributed by atoms with E-state index in [0.717, 1.165) is 11.1 Å². The van der Waals surface area contributed by atoms with Gasteiger partial charge in [0.2, 0.25) is 5.79 Å². The number of halogens is 3. The second-order valence-corrected chi connectivity index (χ2v) is 9.47. The number of benzene rings is 3. The van der Waals surface area contributed by atoms with Crippen LogP contribution in [0.25, 0.3) is 11.1 Å². The van der Waals surface area contributed by atoms with Gasteiger partial charge in [0.1, 0.15) is 18.5 Å². The first-order valence-corrected chi connectivity index (χ1v) is 12.4. The van der Waals surface area contributed by atoms with E-state index in [1.54, 1.807) is 24.7 Å². The number of ether oxygens (including phenoxy) is 3. The molecule has 1 aliphatic heterocycles. The van der Waals surface area contributed by atoms with Gasteiger partial charge in [0.05, 0.1) is 29.5 Å². The summed E-state index contributed by atoms with van der Waals surface area (Å²) in [4.78, 5) is 12.5. The SMILES string of the molecule is Clc1ccc([C@]2(Cn3ccnc3)OC[C@@H](COc3ccc(-c4ccccc4)cc3Cl)O2)c(Cl)c1.O=[N+]([O-])O. The Morgan fingerprint density at radius 1 is 1.08 bits per heavy atom. The molecule has 1 N–H and O–H groups in total. The zero-order chi connectivity index (χ0) is 27.1. The molecule has 5 rings (SSSR count). The second-order valence-electron chi connectivity index (χ2n) is 8.22. The third-order valence-electron chi connectivity index (χ3n) is 5.61. The van der Waals surface area contributed by atoms with Gasteiger partial charge in [-0.25, -0.2) is 4.98 Å². The van der Waals surface area contributed by atoms with Crippen molar-refractivity contribution in [3.05, 3.63) is 116 Å². The van der Waals surface area contributed by atoms with E-state index in [1.807, 2.05) is 65.4 Å². The molecule has 38 heavy (non-hydrogen) atoms. The van der Waals surface area contributed by atoms with Gasteiger partial charge >= 0.3 is 0 Å². The summed E-state index contributed by atoms with van der Waals surface area (Å²) in [6, 6.07) is 21.1. The summed E-state index contributed by atoms with van der Waals surface area (Å²) in [6.07, 6.45) is 4.92. The summed E-state index contributed by atoms with van der Waals surface area (Å²) < 4.78 is 20.5. The maximum Gasteiger partial charge on any atom is 0.291 e. The first kappa shape index (κ1) is 27.7. The molecular weight excluding hydrogens is 557 g/mol. The molecule has 0 bridgehead atoms. The van der Waals surface area contributed by atoms with Gasteiger partial charge in [-0.3, -0.25) is 0 Å². The van der Waals surface area contributed by atoms with Gasteiger partial charge in [-0.05, 0) is 35.4 Å². The summed E-state index contributed by atoms with van der Waals surface area (Å²) in [6.45, 7) is 0.964. The molecule has 0 saturated carbocycles. The third kappa shape index (κ3) is 6.94. The van der Waals surface area contributed by atoms with Crippen molar-refractivity contribution in [1.29, 1.82) is 0 Å². The molecule has 1 saturated heterocycles. The van der Waals surface area contributed by atoms with E-state index in [-0.39, 0.29) is 12.7 Å². The van der Waals surface area contributed by atoms with Crippen molar-refractivity contribution in [2.75, 3.05) is 13.2 Å². The lowest BCUT2D eigenvalue weighted by Gasteiger charge is -2.30. The third-order valence-corrected chi connectivity index (χ3v) is 6.46. The summed E-state index contributed by atoms with van der Waals surface area (Å²) in [5, 5.41) is 15.2. The van der Waals surface area contributed by atoms with Crippen LogP contribution >= 0.6 is 34.8 Å². The van der Waals surface area contributed by atoms with Crippen LogP contribution in [0.4, 0.5) is 0 Å².